The average Bonchev–Trinajstić information content (AvgIpc) is 3.41. The van der Waals surface area contributed by atoms with Gasteiger partial charge in [0.1, 0.15) is 11.2 Å². The second-order valence-electron chi connectivity index (χ2n) is 10.3. The number of fused-ring (bicyclic) bond motifs is 6. The Balaban J connectivity index is 1.49. The molecule has 0 N–H and O–H groups in total. The topological polar surface area (TPSA) is 13.1 Å². The molecule has 1 heterocycles. The van der Waals surface area contributed by atoms with Crippen molar-refractivity contribution < 1.29 is 4.42 Å². The summed E-state index contributed by atoms with van der Waals surface area (Å²) in [7, 11) is 0. The molecule has 0 amide bonds. The van der Waals surface area contributed by atoms with E-state index in [0.717, 1.165) is 33.1 Å². The van der Waals surface area contributed by atoms with Crippen LogP contribution in [0.25, 0.3) is 61.4 Å². The molecule has 5 aromatic carbocycles. The average molecular weight is 463 g/mol. The quantitative estimate of drug-likeness (QED) is 0.255. The van der Waals surface area contributed by atoms with Crippen LogP contribution < -0.4 is 0 Å². The number of hydrogen-bond acceptors (Lipinski definition) is 1. The Morgan fingerprint density at radius 2 is 1.33 bits per heavy atom. The molecule has 0 saturated carbocycles. The van der Waals surface area contributed by atoms with E-state index in [1.165, 1.54) is 38.9 Å². The highest BCUT2D eigenvalue weighted by atomic mass is 16.3. The Bertz CT molecular complexity index is 1810. The predicted octanol–water partition coefficient (Wildman–Crippen LogP) is 9.87. The molecule has 0 spiro atoms. The second-order valence-corrected chi connectivity index (χ2v) is 10.3. The Morgan fingerprint density at radius 1 is 0.611 bits per heavy atom. The lowest BCUT2D eigenvalue weighted by molar-refractivity contribution is 0.660. The van der Waals surface area contributed by atoms with Gasteiger partial charge in [-0.2, -0.15) is 0 Å². The molecule has 1 aliphatic rings. The maximum Gasteiger partial charge on any atom is 0.143 e. The summed E-state index contributed by atoms with van der Waals surface area (Å²) in [5, 5.41) is 2.29. The molecule has 0 bridgehead atoms. The first-order chi connectivity index (χ1) is 17.5. The molecular weight excluding hydrogens is 436 g/mol. The lowest BCUT2D eigenvalue weighted by Crippen LogP contribution is -2.14. The van der Waals surface area contributed by atoms with Gasteiger partial charge in [-0.25, -0.2) is 0 Å². The summed E-state index contributed by atoms with van der Waals surface area (Å²) < 4.78 is 6.49. The fourth-order valence-corrected chi connectivity index (χ4v) is 5.89. The normalized spacial score (nSPS) is 13.6. The van der Waals surface area contributed by atoms with Crippen molar-refractivity contribution in [2.45, 2.75) is 19.3 Å². The van der Waals surface area contributed by atoms with Crippen molar-refractivity contribution in [2.75, 3.05) is 0 Å². The molecule has 0 unspecified atom stereocenters. The van der Waals surface area contributed by atoms with Crippen LogP contribution in [-0.2, 0) is 5.41 Å². The van der Waals surface area contributed by atoms with E-state index in [2.05, 4.69) is 117 Å². The molecule has 36 heavy (non-hydrogen) atoms. The monoisotopic (exact) mass is 462 g/mol. The molecule has 1 heteroatoms. The first-order valence-electron chi connectivity index (χ1n) is 12.5. The van der Waals surface area contributed by atoms with Crippen molar-refractivity contribution in [2.24, 2.45) is 0 Å². The van der Waals surface area contributed by atoms with Crippen molar-refractivity contribution in [3.8, 4) is 33.4 Å². The Kier molecular flexibility index (Phi) is 4.41. The highest BCUT2D eigenvalue weighted by Gasteiger charge is 2.35. The van der Waals surface area contributed by atoms with Gasteiger partial charge in [-0.15, -0.1) is 0 Å². The standard InChI is InChI=1S/C35H26O/c1-4-22-13-15-23(16-14-22)25-19-29(34-30(20-25)28-10-6-8-12-33(28)36-34)24-17-18-27-26-9-5-7-11-31(26)35(2,3)32(27)21-24/h4-21H,1H2,2-3H3. The molecule has 1 nitrogen and oxygen atoms in total. The lowest BCUT2D eigenvalue weighted by Gasteiger charge is -2.22. The summed E-state index contributed by atoms with van der Waals surface area (Å²) >= 11 is 0. The number of para-hydroxylation sites is 1. The highest BCUT2D eigenvalue weighted by Crippen LogP contribution is 2.50. The zero-order valence-electron chi connectivity index (χ0n) is 20.5. The van der Waals surface area contributed by atoms with E-state index in [1.807, 2.05) is 12.1 Å². The smallest absolute Gasteiger partial charge is 0.143 e. The van der Waals surface area contributed by atoms with Crippen LogP contribution >= 0.6 is 0 Å². The minimum atomic E-state index is -0.0486. The molecule has 1 aliphatic carbocycles. The van der Waals surface area contributed by atoms with Crippen LogP contribution in [0, 0.1) is 0 Å². The summed E-state index contributed by atoms with van der Waals surface area (Å²) in [4.78, 5) is 0. The third-order valence-corrected chi connectivity index (χ3v) is 7.85. The molecular formula is C35H26O. The van der Waals surface area contributed by atoms with Gasteiger partial charge in [-0.05, 0) is 68.8 Å². The van der Waals surface area contributed by atoms with Gasteiger partial charge in [0.05, 0.1) is 0 Å². The van der Waals surface area contributed by atoms with Crippen LogP contribution in [0.3, 0.4) is 0 Å². The molecule has 172 valence electrons. The predicted molar refractivity (Wildman–Crippen MR) is 152 cm³/mol. The van der Waals surface area contributed by atoms with Gasteiger partial charge >= 0.3 is 0 Å². The van der Waals surface area contributed by atoms with Crippen LogP contribution in [-0.4, -0.2) is 0 Å². The molecule has 0 saturated heterocycles. The molecule has 0 radical (unpaired) electrons. The summed E-state index contributed by atoms with van der Waals surface area (Å²) in [5.74, 6) is 0. The Labute approximate surface area is 211 Å². The highest BCUT2D eigenvalue weighted by molar-refractivity contribution is 6.11. The third kappa shape index (κ3) is 2.96. The van der Waals surface area contributed by atoms with Crippen molar-refractivity contribution >= 4 is 28.0 Å². The molecule has 7 rings (SSSR count). The number of furan rings is 1. The van der Waals surface area contributed by atoms with Gasteiger partial charge < -0.3 is 4.42 Å². The lowest BCUT2D eigenvalue weighted by atomic mass is 9.81. The fourth-order valence-electron chi connectivity index (χ4n) is 5.89. The van der Waals surface area contributed by atoms with Crippen LogP contribution in [0.1, 0.15) is 30.5 Å². The SMILES string of the molecule is C=Cc1ccc(-c2cc(-c3ccc4c(c3)C(C)(C)c3ccccc3-4)c3oc4ccccc4c3c2)cc1. The van der Waals surface area contributed by atoms with Crippen LogP contribution in [0.2, 0.25) is 0 Å². The van der Waals surface area contributed by atoms with Crippen molar-refractivity contribution in [1.29, 1.82) is 0 Å². The Hall–Kier alpha value is -4.36. The summed E-state index contributed by atoms with van der Waals surface area (Å²) in [6, 6.07) is 37.2. The van der Waals surface area contributed by atoms with Gasteiger partial charge in [0.15, 0.2) is 0 Å². The first kappa shape index (κ1) is 21.0. The van der Waals surface area contributed by atoms with E-state index >= 15 is 0 Å². The van der Waals surface area contributed by atoms with Gasteiger partial charge in [0.25, 0.3) is 0 Å². The molecule has 6 aromatic rings. The summed E-state index contributed by atoms with van der Waals surface area (Å²) in [5.41, 5.74) is 13.0. The van der Waals surface area contributed by atoms with E-state index in [-0.39, 0.29) is 5.41 Å². The van der Waals surface area contributed by atoms with Gasteiger partial charge in [-0.1, -0.05) is 105 Å². The number of hydrogen-bond donors (Lipinski definition) is 0. The fraction of sp³-hybridized carbons (Fsp3) is 0.0857. The summed E-state index contributed by atoms with van der Waals surface area (Å²) in [6.07, 6.45) is 1.88. The maximum atomic E-state index is 6.49. The number of rotatable bonds is 3. The van der Waals surface area contributed by atoms with E-state index in [1.54, 1.807) is 0 Å². The van der Waals surface area contributed by atoms with E-state index in [4.69, 9.17) is 4.42 Å². The van der Waals surface area contributed by atoms with Crippen LogP contribution in [0.5, 0.6) is 0 Å². The zero-order chi connectivity index (χ0) is 24.4. The van der Waals surface area contributed by atoms with Crippen molar-refractivity contribution in [3.63, 3.8) is 0 Å². The molecule has 1 aromatic heterocycles. The van der Waals surface area contributed by atoms with E-state index in [9.17, 15) is 0 Å². The molecule has 0 aliphatic heterocycles. The van der Waals surface area contributed by atoms with Crippen molar-refractivity contribution in [1.82, 2.24) is 0 Å². The first-order valence-corrected chi connectivity index (χ1v) is 12.5. The summed E-state index contributed by atoms with van der Waals surface area (Å²) in [6.45, 7) is 8.56. The Morgan fingerprint density at radius 3 is 2.17 bits per heavy atom. The number of benzene rings is 5. The van der Waals surface area contributed by atoms with E-state index in [0.29, 0.717) is 0 Å². The third-order valence-electron chi connectivity index (χ3n) is 7.85. The van der Waals surface area contributed by atoms with Crippen molar-refractivity contribution in [3.05, 3.63) is 126 Å². The second kappa shape index (κ2) is 7.57. The maximum absolute atomic E-state index is 6.49. The van der Waals surface area contributed by atoms with Crippen LogP contribution in [0.4, 0.5) is 0 Å². The van der Waals surface area contributed by atoms with Gasteiger partial charge in [0, 0.05) is 21.8 Å². The molecule has 0 fully saturated rings. The molecule has 0 atom stereocenters. The zero-order valence-corrected chi connectivity index (χ0v) is 20.5. The van der Waals surface area contributed by atoms with Gasteiger partial charge in [-0.3, -0.25) is 0 Å². The minimum absolute atomic E-state index is 0.0486. The largest absolute Gasteiger partial charge is 0.455 e. The van der Waals surface area contributed by atoms with E-state index < -0.39 is 0 Å². The minimum Gasteiger partial charge on any atom is -0.455 e. The van der Waals surface area contributed by atoms with Gasteiger partial charge in [0.2, 0.25) is 0 Å². The van der Waals surface area contributed by atoms with Crippen LogP contribution in [0.15, 0.2) is 114 Å².